The van der Waals surface area contributed by atoms with E-state index in [-0.39, 0.29) is 5.60 Å². The number of hydrogen-bond donors (Lipinski definition) is 0. The summed E-state index contributed by atoms with van der Waals surface area (Å²) in [6.45, 7) is 5.90. The van der Waals surface area contributed by atoms with Crippen LogP contribution in [0.15, 0.2) is 24.3 Å². The average Bonchev–Trinajstić information content (AvgIpc) is 2.17. The summed E-state index contributed by atoms with van der Waals surface area (Å²) >= 11 is 0. The van der Waals surface area contributed by atoms with Crippen LogP contribution in [0.3, 0.4) is 0 Å². The van der Waals surface area contributed by atoms with Crippen LogP contribution in [0.5, 0.6) is 5.75 Å². The van der Waals surface area contributed by atoms with Crippen molar-refractivity contribution in [2.24, 2.45) is 0 Å². The minimum absolute atomic E-state index is 0.223. The summed E-state index contributed by atoms with van der Waals surface area (Å²) in [6, 6.07) is 7.55. The quantitative estimate of drug-likeness (QED) is 0.655. The van der Waals surface area contributed by atoms with E-state index in [9.17, 15) is 0 Å². The van der Waals surface area contributed by atoms with E-state index in [1.807, 2.05) is 45.0 Å². The van der Waals surface area contributed by atoms with E-state index in [0.717, 1.165) is 11.3 Å². The molecule has 0 spiro atoms. The summed E-state index contributed by atoms with van der Waals surface area (Å²) in [5, 5.41) is 0. The van der Waals surface area contributed by atoms with E-state index in [1.165, 1.54) is 0 Å². The van der Waals surface area contributed by atoms with Crippen LogP contribution in [0.25, 0.3) is 0 Å². The monoisotopic (exact) mass is 204 g/mol. The Hall–Kier alpha value is -1.62. The molecule has 0 heterocycles. The van der Waals surface area contributed by atoms with Gasteiger partial charge in [0, 0.05) is 5.56 Å². The van der Waals surface area contributed by atoms with Crippen molar-refractivity contribution in [1.29, 1.82) is 0 Å². The lowest BCUT2D eigenvalue weighted by Gasteiger charge is -2.14. The van der Waals surface area contributed by atoms with Crippen molar-refractivity contribution in [3.63, 3.8) is 0 Å². The molecule has 0 saturated heterocycles. The van der Waals surface area contributed by atoms with Gasteiger partial charge in [-0.3, -0.25) is 0 Å². The molecule has 0 saturated carbocycles. The van der Waals surface area contributed by atoms with Gasteiger partial charge in [-0.2, -0.15) is 0 Å². The largest absolute Gasteiger partial charge is 0.497 e. The number of methoxy groups -OCH3 is 1. The average molecular weight is 204 g/mol. The Morgan fingerprint density at radius 2 is 1.67 bits per heavy atom. The predicted octanol–water partition coefficient (Wildman–Crippen LogP) is 2.82. The van der Waals surface area contributed by atoms with Crippen molar-refractivity contribution in [2.75, 3.05) is 7.11 Å². The van der Waals surface area contributed by atoms with Gasteiger partial charge < -0.3 is 9.47 Å². The van der Waals surface area contributed by atoms with Crippen LogP contribution in [0.1, 0.15) is 26.3 Å². The molecule has 1 aromatic carbocycles. The Labute approximate surface area is 91.2 Å². The van der Waals surface area contributed by atoms with Gasteiger partial charge in [-0.05, 0) is 51.0 Å². The maximum absolute atomic E-state index is 5.30. The Morgan fingerprint density at radius 1 is 1.07 bits per heavy atom. The molecule has 0 unspecified atom stereocenters. The second kappa shape index (κ2) is 4.75. The van der Waals surface area contributed by atoms with Crippen molar-refractivity contribution >= 4 is 0 Å². The summed E-state index contributed by atoms with van der Waals surface area (Å²) in [4.78, 5) is 0. The molecule has 2 heteroatoms. The van der Waals surface area contributed by atoms with Gasteiger partial charge in [0.05, 0.1) is 7.11 Å². The van der Waals surface area contributed by atoms with Crippen molar-refractivity contribution in [3.05, 3.63) is 29.8 Å². The standard InChI is InChI=1S/C13H16O2/c1-13(2,3)15-10-9-11-5-7-12(14-4)8-6-11/h5-8H,1-4H3. The Bertz CT molecular complexity index is 360. The zero-order valence-corrected chi connectivity index (χ0v) is 9.63. The second-order valence-corrected chi connectivity index (χ2v) is 4.17. The van der Waals surface area contributed by atoms with E-state index in [0.29, 0.717) is 0 Å². The lowest BCUT2D eigenvalue weighted by Crippen LogP contribution is -2.15. The molecule has 80 valence electrons. The topological polar surface area (TPSA) is 18.5 Å². The van der Waals surface area contributed by atoms with Gasteiger partial charge >= 0.3 is 0 Å². The van der Waals surface area contributed by atoms with Gasteiger partial charge in [0.1, 0.15) is 17.5 Å². The molecule has 1 aromatic rings. The van der Waals surface area contributed by atoms with Gasteiger partial charge in [-0.15, -0.1) is 0 Å². The number of benzene rings is 1. The maximum Gasteiger partial charge on any atom is 0.118 e. The first-order chi connectivity index (χ1) is 7.01. The minimum Gasteiger partial charge on any atom is -0.497 e. The molecule has 0 aliphatic carbocycles. The summed E-state index contributed by atoms with van der Waals surface area (Å²) in [6.07, 6.45) is 2.69. The summed E-state index contributed by atoms with van der Waals surface area (Å²) in [7, 11) is 1.64. The highest BCUT2D eigenvalue weighted by molar-refractivity contribution is 5.37. The van der Waals surface area contributed by atoms with Crippen molar-refractivity contribution in [2.45, 2.75) is 26.4 Å². The zero-order chi connectivity index (χ0) is 11.3. The molecule has 0 bridgehead atoms. The van der Waals surface area contributed by atoms with Crippen molar-refractivity contribution < 1.29 is 9.47 Å². The molecule has 0 aliphatic rings. The third kappa shape index (κ3) is 4.42. The first-order valence-electron chi connectivity index (χ1n) is 4.84. The summed E-state index contributed by atoms with van der Waals surface area (Å²) < 4.78 is 10.3. The highest BCUT2D eigenvalue weighted by atomic mass is 16.5. The third-order valence-electron chi connectivity index (χ3n) is 1.64. The van der Waals surface area contributed by atoms with E-state index < -0.39 is 0 Å². The lowest BCUT2D eigenvalue weighted by atomic mass is 10.2. The highest BCUT2D eigenvalue weighted by Gasteiger charge is 2.07. The second-order valence-electron chi connectivity index (χ2n) is 4.17. The molecule has 0 aromatic heterocycles. The predicted molar refractivity (Wildman–Crippen MR) is 60.7 cm³/mol. The molecule has 0 radical (unpaired) electrons. The maximum atomic E-state index is 5.30. The fourth-order valence-electron chi connectivity index (χ4n) is 0.912. The van der Waals surface area contributed by atoms with Gasteiger partial charge in [-0.1, -0.05) is 0 Å². The van der Waals surface area contributed by atoms with E-state index >= 15 is 0 Å². The SMILES string of the molecule is COc1ccc(C#COC(C)(C)C)cc1. The molecule has 2 nitrogen and oxygen atoms in total. The normalized spacial score (nSPS) is 10.1. The van der Waals surface area contributed by atoms with E-state index in [1.54, 1.807) is 7.11 Å². The summed E-state index contributed by atoms with van der Waals surface area (Å²) in [5.41, 5.74) is 0.694. The van der Waals surface area contributed by atoms with Crippen LogP contribution in [-0.4, -0.2) is 12.7 Å². The first kappa shape index (κ1) is 11.5. The van der Waals surface area contributed by atoms with Crippen molar-refractivity contribution in [1.82, 2.24) is 0 Å². The third-order valence-corrected chi connectivity index (χ3v) is 1.64. The molecular weight excluding hydrogens is 188 g/mol. The number of ether oxygens (including phenoxy) is 2. The molecule has 0 fully saturated rings. The molecule has 15 heavy (non-hydrogen) atoms. The van der Waals surface area contributed by atoms with Crippen LogP contribution in [0, 0.1) is 12.0 Å². The number of rotatable bonds is 1. The molecule has 1 rings (SSSR count). The van der Waals surface area contributed by atoms with Crippen LogP contribution in [-0.2, 0) is 4.74 Å². The molecule has 0 aliphatic heterocycles. The highest BCUT2D eigenvalue weighted by Crippen LogP contribution is 2.10. The Kier molecular flexibility index (Phi) is 3.62. The summed E-state index contributed by atoms with van der Waals surface area (Å²) in [5.74, 6) is 3.76. The first-order valence-corrected chi connectivity index (χ1v) is 4.84. The lowest BCUT2D eigenvalue weighted by molar-refractivity contribution is 0.0963. The fraction of sp³-hybridized carbons (Fsp3) is 0.385. The van der Waals surface area contributed by atoms with Crippen LogP contribution in [0.4, 0.5) is 0 Å². The minimum atomic E-state index is -0.223. The van der Waals surface area contributed by atoms with Gasteiger partial charge in [0.15, 0.2) is 0 Å². The molecule has 0 N–H and O–H groups in total. The van der Waals surface area contributed by atoms with E-state index in [4.69, 9.17) is 9.47 Å². The van der Waals surface area contributed by atoms with Crippen molar-refractivity contribution in [3.8, 4) is 17.8 Å². The number of hydrogen-bond acceptors (Lipinski definition) is 2. The smallest absolute Gasteiger partial charge is 0.118 e. The molecule has 0 amide bonds. The zero-order valence-electron chi connectivity index (χ0n) is 9.63. The van der Waals surface area contributed by atoms with E-state index in [2.05, 4.69) is 12.0 Å². The van der Waals surface area contributed by atoms with Crippen LogP contribution in [0.2, 0.25) is 0 Å². The van der Waals surface area contributed by atoms with Crippen LogP contribution >= 0.6 is 0 Å². The van der Waals surface area contributed by atoms with Gasteiger partial charge in [0.25, 0.3) is 0 Å². The van der Waals surface area contributed by atoms with Gasteiger partial charge in [0.2, 0.25) is 0 Å². The molecular formula is C13H16O2. The Balaban J connectivity index is 2.64. The van der Waals surface area contributed by atoms with Gasteiger partial charge in [-0.25, -0.2) is 0 Å². The molecule has 0 atom stereocenters. The van der Waals surface area contributed by atoms with Crippen LogP contribution < -0.4 is 4.74 Å². The fourth-order valence-corrected chi connectivity index (χ4v) is 0.912. The Morgan fingerprint density at radius 3 is 2.13 bits per heavy atom.